The van der Waals surface area contributed by atoms with Gasteiger partial charge in [0.25, 0.3) is 0 Å². The number of nitrogen functional groups attached to an aromatic ring is 1. The molecule has 0 aliphatic carbocycles. The Morgan fingerprint density at radius 2 is 1.97 bits per heavy atom. The first kappa shape index (κ1) is 21.2. The summed E-state index contributed by atoms with van der Waals surface area (Å²) in [5.41, 5.74) is 9.14. The van der Waals surface area contributed by atoms with Gasteiger partial charge in [-0.15, -0.1) is 0 Å². The van der Waals surface area contributed by atoms with Crippen molar-refractivity contribution in [2.75, 3.05) is 30.7 Å². The summed E-state index contributed by atoms with van der Waals surface area (Å²) in [6.45, 7) is 11.7. The Labute approximate surface area is 174 Å². The Hall–Kier alpha value is -2.47. The van der Waals surface area contributed by atoms with Crippen LogP contribution in [0.2, 0.25) is 0 Å². The molecule has 0 bridgehead atoms. The van der Waals surface area contributed by atoms with Gasteiger partial charge in [0, 0.05) is 25.7 Å². The van der Waals surface area contributed by atoms with Gasteiger partial charge < -0.3 is 20.5 Å². The maximum atomic E-state index is 5.87. The molecule has 0 saturated carbocycles. The Morgan fingerprint density at radius 1 is 1.21 bits per heavy atom. The first-order chi connectivity index (χ1) is 13.9. The topological polar surface area (TPSA) is 72.6 Å². The van der Waals surface area contributed by atoms with E-state index in [1.807, 2.05) is 40.0 Å². The standard InChI is InChI=1S/C23H34N4O2/c1-5-28-22-13-18(6-7-21(22)29-16(2)3)15-27-10-8-19(9-11-27)26-20-12-17(4)23(24)25-14-20/h6-7,12-14,16,19,26H,5,8-11,15H2,1-4H3,(H2,24,25). The van der Waals surface area contributed by atoms with Crippen LogP contribution in [0, 0.1) is 6.92 Å². The molecule has 1 aliphatic rings. The van der Waals surface area contributed by atoms with Crippen molar-refractivity contribution >= 4 is 11.5 Å². The highest BCUT2D eigenvalue weighted by molar-refractivity contribution is 5.51. The first-order valence-electron chi connectivity index (χ1n) is 10.6. The van der Waals surface area contributed by atoms with Gasteiger partial charge in [-0.05, 0) is 69.9 Å². The zero-order valence-electron chi connectivity index (χ0n) is 18.1. The van der Waals surface area contributed by atoms with Gasteiger partial charge in [-0.3, -0.25) is 4.90 Å². The molecule has 0 amide bonds. The minimum Gasteiger partial charge on any atom is -0.490 e. The lowest BCUT2D eigenvalue weighted by Crippen LogP contribution is -2.38. The molecule has 1 aromatic carbocycles. The monoisotopic (exact) mass is 398 g/mol. The molecule has 2 heterocycles. The van der Waals surface area contributed by atoms with Gasteiger partial charge >= 0.3 is 0 Å². The van der Waals surface area contributed by atoms with Gasteiger partial charge in [-0.1, -0.05) is 6.07 Å². The molecule has 6 nitrogen and oxygen atoms in total. The summed E-state index contributed by atoms with van der Waals surface area (Å²) in [5, 5.41) is 3.60. The van der Waals surface area contributed by atoms with Crippen molar-refractivity contribution in [1.29, 1.82) is 0 Å². The van der Waals surface area contributed by atoms with Crippen LogP contribution in [-0.4, -0.2) is 41.7 Å². The lowest BCUT2D eigenvalue weighted by molar-refractivity contribution is 0.209. The molecule has 158 valence electrons. The summed E-state index contributed by atoms with van der Waals surface area (Å²) >= 11 is 0. The molecule has 0 spiro atoms. The minimum atomic E-state index is 0.131. The molecular formula is C23H34N4O2. The summed E-state index contributed by atoms with van der Waals surface area (Å²) in [4.78, 5) is 6.74. The van der Waals surface area contributed by atoms with Gasteiger partial charge in [0.15, 0.2) is 11.5 Å². The highest BCUT2D eigenvalue weighted by Gasteiger charge is 2.20. The lowest BCUT2D eigenvalue weighted by atomic mass is 10.0. The fourth-order valence-corrected chi connectivity index (χ4v) is 3.66. The molecule has 3 N–H and O–H groups in total. The number of nitrogens with two attached hydrogens (primary N) is 1. The van der Waals surface area contributed by atoms with Crippen molar-refractivity contribution in [3.8, 4) is 11.5 Å². The van der Waals surface area contributed by atoms with Gasteiger partial charge in [-0.2, -0.15) is 0 Å². The minimum absolute atomic E-state index is 0.131. The third-order valence-electron chi connectivity index (χ3n) is 5.15. The average Bonchev–Trinajstić information content (AvgIpc) is 2.68. The van der Waals surface area contributed by atoms with Crippen molar-refractivity contribution in [3.63, 3.8) is 0 Å². The Balaban J connectivity index is 1.54. The number of hydrogen-bond acceptors (Lipinski definition) is 6. The van der Waals surface area contributed by atoms with Crippen LogP contribution in [0.5, 0.6) is 11.5 Å². The number of anilines is 2. The van der Waals surface area contributed by atoms with E-state index in [0.717, 1.165) is 55.2 Å². The predicted molar refractivity (Wildman–Crippen MR) is 119 cm³/mol. The molecule has 29 heavy (non-hydrogen) atoms. The summed E-state index contributed by atoms with van der Waals surface area (Å²) in [6.07, 6.45) is 4.17. The van der Waals surface area contributed by atoms with Gasteiger partial charge in [0.2, 0.25) is 0 Å². The van der Waals surface area contributed by atoms with Crippen molar-refractivity contribution < 1.29 is 9.47 Å². The number of pyridine rings is 1. The van der Waals surface area contributed by atoms with Crippen LogP contribution in [0.15, 0.2) is 30.5 Å². The summed E-state index contributed by atoms with van der Waals surface area (Å²) in [5.74, 6) is 2.25. The van der Waals surface area contributed by atoms with Crippen LogP contribution in [0.25, 0.3) is 0 Å². The van der Waals surface area contributed by atoms with Gasteiger partial charge in [0.1, 0.15) is 5.82 Å². The molecule has 1 saturated heterocycles. The number of aryl methyl sites for hydroxylation is 1. The molecule has 1 fully saturated rings. The smallest absolute Gasteiger partial charge is 0.161 e. The maximum Gasteiger partial charge on any atom is 0.161 e. The third-order valence-corrected chi connectivity index (χ3v) is 5.15. The molecule has 3 rings (SSSR count). The number of benzene rings is 1. The van der Waals surface area contributed by atoms with Crippen molar-refractivity contribution in [1.82, 2.24) is 9.88 Å². The van der Waals surface area contributed by atoms with Crippen LogP contribution >= 0.6 is 0 Å². The molecule has 1 aliphatic heterocycles. The Bertz CT molecular complexity index is 801. The quantitative estimate of drug-likeness (QED) is 0.693. The summed E-state index contributed by atoms with van der Waals surface area (Å²) < 4.78 is 11.7. The van der Waals surface area contributed by atoms with E-state index in [9.17, 15) is 0 Å². The molecule has 0 atom stereocenters. The fraction of sp³-hybridized carbons (Fsp3) is 0.522. The average molecular weight is 399 g/mol. The molecule has 0 radical (unpaired) electrons. The van der Waals surface area contributed by atoms with E-state index < -0.39 is 0 Å². The van der Waals surface area contributed by atoms with E-state index >= 15 is 0 Å². The highest BCUT2D eigenvalue weighted by Crippen LogP contribution is 2.30. The number of ether oxygens (including phenoxy) is 2. The number of rotatable bonds is 8. The second-order valence-electron chi connectivity index (χ2n) is 8.00. The fourth-order valence-electron chi connectivity index (χ4n) is 3.66. The number of aromatic nitrogens is 1. The van der Waals surface area contributed by atoms with E-state index in [1.165, 1.54) is 5.56 Å². The maximum absolute atomic E-state index is 5.87. The van der Waals surface area contributed by atoms with Gasteiger partial charge in [0.05, 0.1) is 24.6 Å². The second kappa shape index (κ2) is 9.83. The lowest BCUT2D eigenvalue weighted by Gasteiger charge is -2.33. The van der Waals surface area contributed by atoms with E-state index in [2.05, 4.69) is 33.4 Å². The van der Waals surface area contributed by atoms with Crippen LogP contribution in [-0.2, 0) is 6.54 Å². The van der Waals surface area contributed by atoms with E-state index in [4.69, 9.17) is 15.2 Å². The summed E-state index contributed by atoms with van der Waals surface area (Å²) in [6, 6.07) is 8.84. The zero-order chi connectivity index (χ0) is 20.8. The Kier molecular flexibility index (Phi) is 7.20. The Morgan fingerprint density at radius 3 is 2.62 bits per heavy atom. The van der Waals surface area contributed by atoms with Crippen LogP contribution in [0.4, 0.5) is 11.5 Å². The summed E-state index contributed by atoms with van der Waals surface area (Å²) in [7, 11) is 0. The van der Waals surface area contributed by atoms with Crippen molar-refractivity contribution in [2.45, 2.75) is 59.2 Å². The normalized spacial score (nSPS) is 15.5. The van der Waals surface area contributed by atoms with Crippen LogP contribution in [0.1, 0.15) is 44.7 Å². The predicted octanol–water partition coefficient (Wildman–Crippen LogP) is 4.23. The number of nitrogens with one attached hydrogen (secondary N) is 1. The van der Waals surface area contributed by atoms with E-state index in [0.29, 0.717) is 18.5 Å². The molecule has 2 aromatic rings. The molecule has 0 unspecified atom stereocenters. The van der Waals surface area contributed by atoms with Crippen molar-refractivity contribution in [3.05, 3.63) is 41.6 Å². The van der Waals surface area contributed by atoms with Crippen LogP contribution in [0.3, 0.4) is 0 Å². The number of likely N-dealkylation sites (tertiary alicyclic amines) is 1. The van der Waals surface area contributed by atoms with Crippen LogP contribution < -0.4 is 20.5 Å². The van der Waals surface area contributed by atoms with E-state index in [1.54, 1.807) is 0 Å². The third kappa shape index (κ3) is 6.00. The molecule has 6 heteroatoms. The first-order valence-corrected chi connectivity index (χ1v) is 10.6. The number of hydrogen-bond donors (Lipinski definition) is 2. The number of piperidine rings is 1. The highest BCUT2D eigenvalue weighted by atomic mass is 16.5. The SMILES string of the molecule is CCOc1cc(CN2CCC(Nc3cnc(N)c(C)c3)CC2)ccc1OC(C)C. The molecule has 1 aromatic heterocycles. The largest absolute Gasteiger partial charge is 0.490 e. The zero-order valence-corrected chi connectivity index (χ0v) is 18.1. The van der Waals surface area contributed by atoms with E-state index in [-0.39, 0.29) is 6.10 Å². The second-order valence-corrected chi connectivity index (χ2v) is 8.00. The molecular weight excluding hydrogens is 364 g/mol. The van der Waals surface area contributed by atoms with Gasteiger partial charge in [-0.25, -0.2) is 4.98 Å². The number of nitrogens with zero attached hydrogens (tertiary/aromatic N) is 2. The van der Waals surface area contributed by atoms with Crippen molar-refractivity contribution in [2.24, 2.45) is 0 Å².